The van der Waals surface area contributed by atoms with Crippen molar-refractivity contribution in [1.82, 2.24) is 10.6 Å². The Bertz CT molecular complexity index is 643. The van der Waals surface area contributed by atoms with Gasteiger partial charge in [-0.3, -0.25) is 4.99 Å². The van der Waals surface area contributed by atoms with Gasteiger partial charge in [0, 0.05) is 31.0 Å². The molecule has 1 unspecified atom stereocenters. The number of hydrogen-bond acceptors (Lipinski definition) is 3. The number of halogens is 2. The van der Waals surface area contributed by atoms with Gasteiger partial charge in [-0.1, -0.05) is 6.07 Å². The summed E-state index contributed by atoms with van der Waals surface area (Å²) in [7, 11) is -3.01. The Labute approximate surface area is 142 Å². The minimum atomic E-state index is -3.01. The molecule has 1 atom stereocenters. The Morgan fingerprint density at radius 3 is 2.46 bits per heavy atom. The Morgan fingerprint density at radius 1 is 1.29 bits per heavy atom. The number of nitrogens with one attached hydrogen (secondary N) is 2. The van der Waals surface area contributed by atoms with Crippen molar-refractivity contribution in [2.24, 2.45) is 4.99 Å². The van der Waals surface area contributed by atoms with Gasteiger partial charge in [0.15, 0.2) is 5.96 Å². The summed E-state index contributed by atoms with van der Waals surface area (Å²) in [5.74, 6) is -0.578. The molecular weight excluding hydrogens is 336 g/mol. The highest BCUT2D eigenvalue weighted by Gasteiger charge is 2.10. The zero-order chi connectivity index (χ0) is 18.2. The molecule has 0 bridgehead atoms. The molecule has 1 aromatic carbocycles. The number of aliphatic imine (C=N–C) groups is 1. The van der Waals surface area contributed by atoms with E-state index in [1.54, 1.807) is 0 Å². The van der Waals surface area contributed by atoms with Crippen LogP contribution in [0, 0.1) is 11.6 Å². The molecule has 0 aliphatic heterocycles. The van der Waals surface area contributed by atoms with Crippen molar-refractivity contribution in [2.45, 2.75) is 32.7 Å². The molecule has 0 radical (unpaired) electrons. The topological polar surface area (TPSA) is 70.6 Å². The lowest BCUT2D eigenvalue weighted by Gasteiger charge is -2.17. The zero-order valence-electron chi connectivity index (χ0n) is 14.3. The Balaban J connectivity index is 2.62. The summed E-state index contributed by atoms with van der Waals surface area (Å²) in [4.78, 5) is 4.29. The van der Waals surface area contributed by atoms with Gasteiger partial charge in [0.25, 0.3) is 0 Å². The number of hydrogen-bond donors (Lipinski definition) is 2. The smallest absolute Gasteiger partial charge is 0.191 e. The van der Waals surface area contributed by atoms with Gasteiger partial charge in [-0.05, 0) is 38.8 Å². The fraction of sp³-hybridized carbons (Fsp3) is 0.562. The molecule has 1 rings (SSSR count). The largest absolute Gasteiger partial charge is 0.357 e. The highest BCUT2D eigenvalue weighted by Crippen LogP contribution is 2.12. The third-order valence-electron chi connectivity index (χ3n) is 3.34. The molecule has 2 N–H and O–H groups in total. The van der Waals surface area contributed by atoms with Gasteiger partial charge in [-0.25, -0.2) is 17.2 Å². The first kappa shape index (κ1) is 20.3. The van der Waals surface area contributed by atoms with Crippen molar-refractivity contribution in [3.8, 4) is 0 Å². The third kappa shape index (κ3) is 7.72. The highest BCUT2D eigenvalue weighted by atomic mass is 32.2. The molecule has 24 heavy (non-hydrogen) atoms. The van der Waals surface area contributed by atoms with E-state index < -0.39 is 21.5 Å². The van der Waals surface area contributed by atoms with Crippen LogP contribution in [0.4, 0.5) is 8.78 Å². The fourth-order valence-electron chi connectivity index (χ4n) is 2.07. The molecule has 0 aliphatic rings. The van der Waals surface area contributed by atoms with E-state index in [0.29, 0.717) is 18.9 Å². The van der Waals surface area contributed by atoms with Gasteiger partial charge in [0.2, 0.25) is 0 Å². The predicted octanol–water partition coefficient (Wildman–Crippen LogP) is 1.89. The van der Waals surface area contributed by atoms with Crippen LogP contribution in [0.15, 0.2) is 23.2 Å². The molecule has 0 aromatic heterocycles. The van der Waals surface area contributed by atoms with E-state index in [1.807, 2.05) is 13.8 Å². The van der Waals surface area contributed by atoms with Gasteiger partial charge in [-0.2, -0.15) is 0 Å². The molecule has 136 valence electrons. The molecule has 0 saturated heterocycles. The summed E-state index contributed by atoms with van der Waals surface area (Å²) >= 11 is 0. The summed E-state index contributed by atoms with van der Waals surface area (Å²) in [6.07, 6.45) is 1.79. The standard InChI is InChI=1S/C16H25F2N3O2S/c1-4-19-16(21-12(2)9-11-24(3,22)23)20-10-8-13-14(17)6-5-7-15(13)18/h5-7,12H,4,8-11H2,1-3H3,(H2,19,20,21). The van der Waals surface area contributed by atoms with E-state index in [2.05, 4.69) is 15.6 Å². The van der Waals surface area contributed by atoms with E-state index in [-0.39, 0.29) is 30.3 Å². The van der Waals surface area contributed by atoms with Crippen molar-refractivity contribution in [1.29, 1.82) is 0 Å². The maximum atomic E-state index is 13.6. The second-order valence-electron chi connectivity index (χ2n) is 5.67. The molecule has 8 heteroatoms. The minimum absolute atomic E-state index is 0.0159. The van der Waals surface area contributed by atoms with Crippen LogP contribution in [-0.2, 0) is 16.3 Å². The molecular formula is C16H25F2N3O2S. The molecule has 0 fully saturated rings. The second-order valence-corrected chi connectivity index (χ2v) is 7.93. The van der Waals surface area contributed by atoms with E-state index >= 15 is 0 Å². The van der Waals surface area contributed by atoms with Crippen LogP contribution >= 0.6 is 0 Å². The number of rotatable bonds is 8. The third-order valence-corrected chi connectivity index (χ3v) is 4.32. The SMILES string of the molecule is CCNC(=NCCc1c(F)cccc1F)NC(C)CCS(C)(=O)=O. The van der Waals surface area contributed by atoms with Crippen molar-refractivity contribution in [2.75, 3.05) is 25.1 Å². The number of sulfone groups is 1. The number of guanidine groups is 1. The first-order valence-corrected chi connectivity index (χ1v) is 9.94. The van der Waals surface area contributed by atoms with Gasteiger partial charge in [-0.15, -0.1) is 0 Å². The predicted molar refractivity (Wildman–Crippen MR) is 93.0 cm³/mol. The van der Waals surface area contributed by atoms with Crippen LogP contribution in [0.2, 0.25) is 0 Å². The maximum absolute atomic E-state index is 13.6. The molecule has 0 aliphatic carbocycles. The van der Waals surface area contributed by atoms with Crippen molar-refractivity contribution in [3.63, 3.8) is 0 Å². The van der Waals surface area contributed by atoms with E-state index in [0.717, 1.165) is 0 Å². The average molecular weight is 361 g/mol. The van der Waals surface area contributed by atoms with Crippen LogP contribution < -0.4 is 10.6 Å². The Hall–Kier alpha value is -1.70. The molecule has 0 amide bonds. The molecule has 0 spiro atoms. The van der Waals surface area contributed by atoms with Gasteiger partial charge < -0.3 is 10.6 Å². The quantitative estimate of drug-likeness (QED) is 0.548. The molecule has 0 heterocycles. The summed E-state index contributed by atoms with van der Waals surface area (Å²) < 4.78 is 49.5. The van der Waals surface area contributed by atoms with E-state index in [4.69, 9.17) is 0 Å². The van der Waals surface area contributed by atoms with Gasteiger partial charge in [0.05, 0.1) is 5.75 Å². The average Bonchev–Trinajstić information content (AvgIpc) is 2.47. The summed E-state index contributed by atoms with van der Waals surface area (Å²) in [6.45, 7) is 4.59. The Morgan fingerprint density at radius 2 is 1.92 bits per heavy atom. The Kier molecular flexibility index (Phi) is 8.10. The van der Waals surface area contributed by atoms with Crippen molar-refractivity contribution in [3.05, 3.63) is 35.4 Å². The van der Waals surface area contributed by atoms with Crippen LogP contribution in [0.25, 0.3) is 0 Å². The zero-order valence-corrected chi connectivity index (χ0v) is 15.1. The van der Waals surface area contributed by atoms with Crippen molar-refractivity contribution < 1.29 is 17.2 Å². The number of nitrogens with zero attached hydrogens (tertiary/aromatic N) is 1. The molecule has 0 saturated carbocycles. The lowest BCUT2D eigenvalue weighted by molar-refractivity contribution is 0.555. The first-order chi connectivity index (χ1) is 11.2. The monoisotopic (exact) mass is 361 g/mol. The minimum Gasteiger partial charge on any atom is -0.357 e. The maximum Gasteiger partial charge on any atom is 0.191 e. The normalized spacial score (nSPS) is 13.6. The lowest BCUT2D eigenvalue weighted by atomic mass is 10.1. The fourth-order valence-corrected chi connectivity index (χ4v) is 2.85. The van der Waals surface area contributed by atoms with Crippen LogP contribution in [-0.4, -0.2) is 45.5 Å². The summed E-state index contributed by atoms with van der Waals surface area (Å²) in [6, 6.07) is 3.67. The molecule has 5 nitrogen and oxygen atoms in total. The lowest BCUT2D eigenvalue weighted by Crippen LogP contribution is -2.43. The number of benzene rings is 1. The van der Waals surface area contributed by atoms with Gasteiger partial charge in [0.1, 0.15) is 21.5 Å². The second kappa shape index (κ2) is 9.56. The highest BCUT2D eigenvalue weighted by molar-refractivity contribution is 7.90. The van der Waals surface area contributed by atoms with E-state index in [1.165, 1.54) is 24.5 Å². The van der Waals surface area contributed by atoms with E-state index in [9.17, 15) is 17.2 Å². The summed E-state index contributed by atoms with van der Waals surface area (Å²) in [5, 5.41) is 6.12. The van der Waals surface area contributed by atoms with Gasteiger partial charge >= 0.3 is 0 Å². The first-order valence-electron chi connectivity index (χ1n) is 7.88. The van der Waals surface area contributed by atoms with Crippen LogP contribution in [0.5, 0.6) is 0 Å². The van der Waals surface area contributed by atoms with Crippen LogP contribution in [0.3, 0.4) is 0 Å². The van der Waals surface area contributed by atoms with Crippen molar-refractivity contribution >= 4 is 15.8 Å². The van der Waals surface area contributed by atoms with Crippen LogP contribution in [0.1, 0.15) is 25.8 Å². The summed E-state index contributed by atoms with van der Waals surface area (Å²) in [5.41, 5.74) is 0.0159. The molecule has 1 aromatic rings.